The van der Waals surface area contributed by atoms with Gasteiger partial charge in [0.05, 0.1) is 6.07 Å². The maximum atomic E-state index is 12.9. The van der Waals surface area contributed by atoms with Crippen molar-refractivity contribution >= 4 is 17.9 Å². The Morgan fingerprint density at radius 2 is 1.55 bits per heavy atom. The van der Waals surface area contributed by atoms with Crippen LogP contribution in [0.1, 0.15) is 24.5 Å². The van der Waals surface area contributed by atoms with Crippen molar-refractivity contribution in [3.63, 3.8) is 0 Å². The van der Waals surface area contributed by atoms with Crippen molar-refractivity contribution in [3.05, 3.63) is 71.8 Å². The third-order valence-electron chi connectivity index (χ3n) is 4.57. The summed E-state index contributed by atoms with van der Waals surface area (Å²) < 4.78 is 5.22. The highest BCUT2D eigenvalue weighted by atomic mass is 16.5. The zero-order chi connectivity index (χ0) is 22.6. The monoisotopic (exact) mass is 422 g/mol. The molecule has 4 N–H and O–H groups in total. The van der Waals surface area contributed by atoms with E-state index < -0.39 is 35.9 Å². The van der Waals surface area contributed by atoms with Crippen LogP contribution in [0.3, 0.4) is 0 Å². The molecular weight excluding hydrogens is 396 g/mol. The molecule has 0 saturated heterocycles. The molecule has 0 fully saturated rings. The summed E-state index contributed by atoms with van der Waals surface area (Å²) >= 11 is 0. The minimum Gasteiger partial charge on any atom is -0.445 e. The van der Waals surface area contributed by atoms with Gasteiger partial charge in [-0.1, -0.05) is 60.7 Å². The third-order valence-corrected chi connectivity index (χ3v) is 4.57. The number of nitrogens with zero attached hydrogens (tertiary/aromatic N) is 1. The molecule has 2 aromatic carbocycles. The van der Waals surface area contributed by atoms with Crippen molar-refractivity contribution in [1.82, 2.24) is 10.6 Å². The Hall–Kier alpha value is -3.86. The van der Waals surface area contributed by atoms with Crippen molar-refractivity contribution < 1.29 is 19.1 Å². The van der Waals surface area contributed by atoms with Crippen molar-refractivity contribution in [2.45, 2.75) is 38.5 Å². The Kier molecular flexibility index (Phi) is 9.05. The number of carbonyl (C=O) groups is 3. The fourth-order valence-corrected chi connectivity index (χ4v) is 2.89. The summed E-state index contributed by atoms with van der Waals surface area (Å²) in [4.78, 5) is 36.9. The predicted molar refractivity (Wildman–Crippen MR) is 114 cm³/mol. The number of carbonyl (C=O) groups excluding carboxylic acids is 3. The summed E-state index contributed by atoms with van der Waals surface area (Å²) in [6, 6.07) is 18.2. The number of primary amides is 1. The molecule has 0 heterocycles. The van der Waals surface area contributed by atoms with Gasteiger partial charge in [-0.2, -0.15) is 5.26 Å². The smallest absolute Gasteiger partial charge is 0.408 e. The lowest BCUT2D eigenvalue weighted by molar-refractivity contribution is -0.128. The number of nitrogens with one attached hydrogen (secondary N) is 2. The van der Waals surface area contributed by atoms with E-state index in [4.69, 9.17) is 15.7 Å². The molecule has 2 aromatic rings. The maximum Gasteiger partial charge on any atom is 0.408 e. The van der Waals surface area contributed by atoms with Gasteiger partial charge in [0, 0.05) is 12.3 Å². The Labute approximate surface area is 181 Å². The fourth-order valence-electron chi connectivity index (χ4n) is 2.89. The second-order valence-electron chi connectivity index (χ2n) is 7.18. The van der Waals surface area contributed by atoms with E-state index >= 15 is 0 Å². The van der Waals surface area contributed by atoms with Gasteiger partial charge in [0.2, 0.25) is 11.8 Å². The minimum atomic E-state index is -1.03. The Morgan fingerprint density at radius 1 is 0.968 bits per heavy atom. The number of hydrogen-bond donors (Lipinski definition) is 3. The minimum absolute atomic E-state index is 0.0515. The summed E-state index contributed by atoms with van der Waals surface area (Å²) in [6.45, 7) is 1.68. The molecule has 0 aliphatic heterocycles. The van der Waals surface area contributed by atoms with Gasteiger partial charge >= 0.3 is 6.09 Å². The van der Waals surface area contributed by atoms with E-state index in [2.05, 4.69) is 10.6 Å². The molecule has 0 aliphatic carbocycles. The van der Waals surface area contributed by atoms with Crippen LogP contribution in [0.5, 0.6) is 0 Å². The highest BCUT2D eigenvalue weighted by molar-refractivity contribution is 5.90. The lowest BCUT2D eigenvalue weighted by atomic mass is 10.0. The van der Waals surface area contributed by atoms with Crippen LogP contribution in [0.15, 0.2) is 60.7 Å². The molecule has 2 rings (SSSR count). The van der Waals surface area contributed by atoms with E-state index in [1.54, 1.807) is 6.92 Å². The van der Waals surface area contributed by atoms with Crippen LogP contribution in [-0.4, -0.2) is 30.0 Å². The first kappa shape index (κ1) is 23.4. The normalized spacial score (nSPS) is 13.2. The van der Waals surface area contributed by atoms with E-state index in [0.717, 1.165) is 11.1 Å². The summed E-state index contributed by atoms with van der Waals surface area (Å²) in [5, 5.41) is 14.1. The number of amides is 3. The zero-order valence-corrected chi connectivity index (χ0v) is 17.3. The number of hydrogen-bond acceptors (Lipinski definition) is 5. The molecule has 162 valence electrons. The second kappa shape index (κ2) is 12.0. The molecule has 0 bridgehead atoms. The number of alkyl carbamates (subject to hydrolysis) is 1. The highest BCUT2D eigenvalue weighted by Gasteiger charge is 2.27. The standard InChI is InChI=1S/C23H26N4O4/c1-16(14-24)12-19(21(25)28)26-22(29)20(13-17-8-4-2-5-9-17)27-23(30)31-15-18-10-6-3-7-11-18/h2-11,16,19-20H,12-13,15H2,1H3,(H2,25,28)(H,26,29)(H,27,30)/t16-,19-,20+/m0/s1. The molecule has 8 nitrogen and oxygen atoms in total. The molecule has 8 heteroatoms. The molecule has 3 atom stereocenters. The van der Waals surface area contributed by atoms with Gasteiger partial charge in [-0.05, 0) is 24.5 Å². The van der Waals surface area contributed by atoms with E-state index in [1.807, 2.05) is 66.7 Å². The number of nitriles is 1. The van der Waals surface area contributed by atoms with E-state index in [-0.39, 0.29) is 19.4 Å². The van der Waals surface area contributed by atoms with E-state index in [1.165, 1.54) is 0 Å². The van der Waals surface area contributed by atoms with Crippen LogP contribution in [-0.2, 0) is 27.4 Å². The second-order valence-corrected chi connectivity index (χ2v) is 7.18. The first-order valence-electron chi connectivity index (χ1n) is 9.89. The van der Waals surface area contributed by atoms with Crippen LogP contribution in [0.25, 0.3) is 0 Å². The molecule has 0 aliphatic rings. The van der Waals surface area contributed by atoms with Crippen molar-refractivity contribution in [1.29, 1.82) is 5.26 Å². The third kappa shape index (κ3) is 8.19. The highest BCUT2D eigenvalue weighted by Crippen LogP contribution is 2.08. The van der Waals surface area contributed by atoms with Crippen molar-refractivity contribution in [3.8, 4) is 6.07 Å². The number of benzene rings is 2. The summed E-state index contributed by atoms with van der Waals surface area (Å²) in [5.74, 6) is -1.82. The number of ether oxygens (including phenoxy) is 1. The van der Waals surface area contributed by atoms with Gasteiger partial charge in [-0.3, -0.25) is 9.59 Å². The average molecular weight is 422 g/mol. The quantitative estimate of drug-likeness (QED) is 0.539. The Morgan fingerprint density at radius 3 is 2.10 bits per heavy atom. The van der Waals surface area contributed by atoms with Gasteiger partial charge in [0.1, 0.15) is 18.7 Å². The topological polar surface area (TPSA) is 134 Å². The summed E-state index contributed by atoms with van der Waals surface area (Å²) in [7, 11) is 0. The van der Waals surface area contributed by atoms with E-state index in [0.29, 0.717) is 0 Å². The first-order valence-corrected chi connectivity index (χ1v) is 9.89. The zero-order valence-electron chi connectivity index (χ0n) is 17.3. The Balaban J connectivity index is 2.07. The molecular formula is C23H26N4O4. The molecule has 31 heavy (non-hydrogen) atoms. The van der Waals surface area contributed by atoms with Gasteiger partial charge < -0.3 is 21.1 Å². The van der Waals surface area contributed by atoms with Crippen LogP contribution in [0.4, 0.5) is 4.79 Å². The predicted octanol–water partition coefficient (Wildman–Crippen LogP) is 2.04. The fraction of sp³-hybridized carbons (Fsp3) is 0.304. The lowest BCUT2D eigenvalue weighted by Crippen LogP contribution is -2.54. The van der Waals surface area contributed by atoms with Gasteiger partial charge in [0.25, 0.3) is 0 Å². The maximum absolute atomic E-state index is 12.9. The van der Waals surface area contributed by atoms with Crippen molar-refractivity contribution in [2.75, 3.05) is 0 Å². The molecule has 0 aromatic heterocycles. The SMILES string of the molecule is C[C@H](C#N)C[C@H](NC(=O)[C@@H](Cc1ccccc1)NC(=O)OCc1ccccc1)C(N)=O. The van der Waals surface area contributed by atoms with Crippen LogP contribution in [0.2, 0.25) is 0 Å². The molecule has 0 radical (unpaired) electrons. The number of nitrogens with two attached hydrogens (primary N) is 1. The molecule has 0 unspecified atom stereocenters. The van der Waals surface area contributed by atoms with Gasteiger partial charge in [-0.15, -0.1) is 0 Å². The molecule has 3 amide bonds. The Bertz CT molecular complexity index is 912. The molecule has 0 spiro atoms. The van der Waals surface area contributed by atoms with Gasteiger partial charge in [-0.25, -0.2) is 4.79 Å². The van der Waals surface area contributed by atoms with E-state index in [9.17, 15) is 14.4 Å². The number of rotatable bonds is 10. The lowest BCUT2D eigenvalue weighted by Gasteiger charge is -2.22. The average Bonchev–Trinajstić information content (AvgIpc) is 2.78. The summed E-state index contributed by atoms with van der Waals surface area (Å²) in [5.41, 5.74) is 7.00. The van der Waals surface area contributed by atoms with Crippen LogP contribution < -0.4 is 16.4 Å². The first-order chi connectivity index (χ1) is 14.9. The molecule has 0 saturated carbocycles. The van der Waals surface area contributed by atoms with Gasteiger partial charge in [0.15, 0.2) is 0 Å². The summed E-state index contributed by atoms with van der Waals surface area (Å²) in [6.07, 6.45) is -0.499. The largest absolute Gasteiger partial charge is 0.445 e. The van der Waals surface area contributed by atoms with Crippen molar-refractivity contribution in [2.24, 2.45) is 11.7 Å². The van der Waals surface area contributed by atoms with Crippen LogP contribution in [0, 0.1) is 17.2 Å². The van der Waals surface area contributed by atoms with Crippen LogP contribution >= 0.6 is 0 Å².